The van der Waals surface area contributed by atoms with E-state index in [1.54, 1.807) is 6.07 Å². The van der Waals surface area contributed by atoms with Crippen molar-refractivity contribution in [1.82, 2.24) is 5.32 Å². The Hall–Kier alpha value is -1.78. The number of hydrogen-bond acceptors (Lipinski definition) is 2. The fourth-order valence-electron chi connectivity index (χ4n) is 3.39. The number of benzene rings is 2. The second-order valence-corrected chi connectivity index (χ2v) is 6.34. The maximum atomic E-state index is 13.2. The van der Waals surface area contributed by atoms with Gasteiger partial charge in [0, 0.05) is 19.1 Å². The Morgan fingerprint density at radius 1 is 1.04 bits per heavy atom. The third-order valence-electron chi connectivity index (χ3n) is 4.62. The molecule has 1 aliphatic carbocycles. The molecule has 0 fully saturated rings. The molecule has 1 unspecified atom stereocenters. The molecule has 0 heterocycles. The van der Waals surface area contributed by atoms with Gasteiger partial charge in [0.15, 0.2) is 11.6 Å². The van der Waals surface area contributed by atoms with Crippen molar-refractivity contribution in [3.8, 4) is 0 Å². The number of nitrogens with one attached hydrogen (secondary N) is 1. The molecular formula is C19H22F2N2. The molecule has 2 aromatic rings. The summed E-state index contributed by atoms with van der Waals surface area (Å²) < 4.78 is 26.2. The number of halogens is 2. The molecule has 1 atom stereocenters. The Morgan fingerprint density at radius 3 is 2.35 bits per heavy atom. The topological polar surface area (TPSA) is 38.0 Å². The van der Waals surface area contributed by atoms with E-state index in [-0.39, 0.29) is 6.04 Å². The van der Waals surface area contributed by atoms with Crippen LogP contribution >= 0.6 is 0 Å². The summed E-state index contributed by atoms with van der Waals surface area (Å²) in [6.07, 6.45) is 3.19. The molecule has 0 aromatic heterocycles. The number of nitrogens with two attached hydrogens (primary N) is 1. The summed E-state index contributed by atoms with van der Waals surface area (Å²) in [5.41, 5.74) is 9.49. The molecule has 23 heavy (non-hydrogen) atoms. The summed E-state index contributed by atoms with van der Waals surface area (Å²) in [6, 6.07) is 12.8. The van der Waals surface area contributed by atoms with E-state index in [0.29, 0.717) is 19.0 Å². The normalized spacial score (nSPS) is 15.6. The maximum absolute atomic E-state index is 13.2. The lowest BCUT2D eigenvalue weighted by Crippen LogP contribution is -2.37. The van der Waals surface area contributed by atoms with Gasteiger partial charge in [-0.3, -0.25) is 0 Å². The minimum atomic E-state index is -0.812. The van der Waals surface area contributed by atoms with Gasteiger partial charge < -0.3 is 11.1 Å². The molecule has 1 aliphatic rings. The van der Waals surface area contributed by atoms with Crippen molar-refractivity contribution in [2.75, 3.05) is 6.54 Å². The van der Waals surface area contributed by atoms with Crippen LogP contribution in [0.25, 0.3) is 0 Å². The van der Waals surface area contributed by atoms with Crippen LogP contribution in [0.2, 0.25) is 0 Å². The van der Waals surface area contributed by atoms with Crippen LogP contribution in [-0.2, 0) is 19.4 Å². The first kappa shape index (κ1) is 16.1. The van der Waals surface area contributed by atoms with Crippen LogP contribution in [0, 0.1) is 17.6 Å². The molecule has 3 N–H and O–H groups in total. The monoisotopic (exact) mass is 316 g/mol. The Balaban J connectivity index is 1.53. The first-order valence-corrected chi connectivity index (χ1v) is 8.10. The van der Waals surface area contributed by atoms with Gasteiger partial charge in [-0.25, -0.2) is 8.78 Å². The fourth-order valence-corrected chi connectivity index (χ4v) is 3.39. The minimum absolute atomic E-state index is 0.183. The van der Waals surface area contributed by atoms with Crippen molar-refractivity contribution in [2.45, 2.75) is 31.8 Å². The van der Waals surface area contributed by atoms with Gasteiger partial charge in [0.1, 0.15) is 0 Å². The lowest BCUT2D eigenvalue weighted by atomic mass is 9.96. The quantitative estimate of drug-likeness (QED) is 0.859. The van der Waals surface area contributed by atoms with Crippen molar-refractivity contribution in [2.24, 2.45) is 11.7 Å². The first-order valence-electron chi connectivity index (χ1n) is 8.10. The van der Waals surface area contributed by atoms with Gasteiger partial charge in [-0.1, -0.05) is 30.3 Å². The highest BCUT2D eigenvalue weighted by Crippen LogP contribution is 2.29. The Kier molecular flexibility index (Phi) is 5.03. The minimum Gasteiger partial charge on any atom is -0.329 e. The molecule has 2 aromatic carbocycles. The summed E-state index contributed by atoms with van der Waals surface area (Å²) in [5.74, 6) is -1.02. The van der Waals surface area contributed by atoms with Crippen molar-refractivity contribution < 1.29 is 8.78 Å². The molecule has 0 aliphatic heterocycles. The predicted octanol–water partition coefficient (Wildman–Crippen LogP) is 3.19. The van der Waals surface area contributed by atoms with Crippen LogP contribution in [-0.4, -0.2) is 12.6 Å². The standard InChI is InChI=1S/C19H22F2N2/c20-18-6-5-13(10-19(18)21)12-23-17(11-22)9-14-7-15-3-1-2-4-16(15)8-14/h1-6,10,14,17,23H,7-9,11-12,22H2. The summed E-state index contributed by atoms with van der Waals surface area (Å²) in [5, 5.41) is 3.37. The van der Waals surface area contributed by atoms with E-state index >= 15 is 0 Å². The second-order valence-electron chi connectivity index (χ2n) is 6.34. The highest BCUT2D eigenvalue weighted by atomic mass is 19.2. The molecule has 122 valence electrons. The molecule has 0 saturated carbocycles. The van der Waals surface area contributed by atoms with E-state index in [0.717, 1.165) is 30.9 Å². The van der Waals surface area contributed by atoms with Crippen LogP contribution in [0.3, 0.4) is 0 Å². The summed E-state index contributed by atoms with van der Waals surface area (Å²) >= 11 is 0. The van der Waals surface area contributed by atoms with Crippen LogP contribution in [0.15, 0.2) is 42.5 Å². The van der Waals surface area contributed by atoms with Gasteiger partial charge in [-0.2, -0.15) is 0 Å². The van der Waals surface area contributed by atoms with Gasteiger partial charge in [-0.15, -0.1) is 0 Å². The Bertz CT molecular complexity index is 647. The molecule has 0 saturated heterocycles. The van der Waals surface area contributed by atoms with Crippen LogP contribution in [0.1, 0.15) is 23.1 Å². The van der Waals surface area contributed by atoms with E-state index < -0.39 is 11.6 Å². The third kappa shape index (κ3) is 3.95. The molecule has 0 radical (unpaired) electrons. The van der Waals surface area contributed by atoms with Crippen molar-refractivity contribution >= 4 is 0 Å². The average Bonchev–Trinajstić information content (AvgIpc) is 2.97. The molecule has 2 nitrogen and oxygen atoms in total. The summed E-state index contributed by atoms with van der Waals surface area (Å²) in [7, 11) is 0. The van der Waals surface area contributed by atoms with E-state index in [4.69, 9.17) is 5.73 Å². The average molecular weight is 316 g/mol. The SMILES string of the molecule is NCC(CC1Cc2ccccc2C1)NCc1ccc(F)c(F)c1. The van der Waals surface area contributed by atoms with E-state index in [9.17, 15) is 8.78 Å². The largest absolute Gasteiger partial charge is 0.329 e. The van der Waals surface area contributed by atoms with E-state index in [1.807, 2.05) is 0 Å². The van der Waals surface area contributed by atoms with Crippen LogP contribution in [0.5, 0.6) is 0 Å². The lowest BCUT2D eigenvalue weighted by molar-refractivity contribution is 0.394. The van der Waals surface area contributed by atoms with Gasteiger partial charge in [0.25, 0.3) is 0 Å². The van der Waals surface area contributed by atoms with Gasteiger partial charge in [-0.05, 0) is 54.0 Å². The molecule has 0 spiro atoms. The third-order valence-corrected chi connectivity index (χ3v) is 4.62. The zero-order valence-electron chi connectivity index (χ0n) is 13.1. The highest BCUT2D eigenvalue weighted by Gasteiger charge is 2.23. The smallest absolute Gasteiger partial charge is 0.159 e. The van der Waals surface area contributed by atoms with Crippen molar-refractivity contribution in [3.05, 3.63) is 70.8 Å². The Morgan fingerprint density at radius 2 is 1.74 bits per heavy atom. The molecule has 3 rings (SSSR count). The highest BCUT2D eigenvalue weighted by molar-refractivity contribution is 5.32. The Labute approximate surface area is 135 Å². The van der Waals surface area contributed by atoms with Gasteiger partial charge in [0.05, 0.1) is 0 Å². The molecule has 0 amide bonds. The fraction of sp³-hybridized carbons (Fsp3) is 0.368. The van der Waals surface area contributed by atoms with Crippen LogP contribution in [0.4, 0.5) is 8.78 Å². The summed E-state index contributed by atoms with van der Waals surface area (Å²) in [6.45, 7) is 1.04. The van der Waals surface area contributed by atoms with Crippen molar-refractivity contribution in [1.29, 1.82) is 0 Å². The predicted molar refractivity (Wildman–Crippen MR) is 88.0 cm³/mol. The second kappa shape index (κ2) is 7.20. The van der Waals surface area contributed by atoms with Gasteiger partial charge >= 0.3 is 0 Å². The number of hydrogen-bond donors (Lipinski definition) is 2. The zero-order valence-corrected chi connectivity index (χ0v) is 13.1. The number of rotatable bonds is 6. The van der Waals surface area contributed by atoms with Gasteiger partial charge in [0.2, 0.25) is 0 Å². The molecule has 4 heteroatoms. The van der Waals surface area contributed by atoms with Crippen molar-refractivity contribution in [3.63, 3.8) is 0 Å². The van der Waals surface area contributed by atoms with E-state index in [2.05, 4.69) is 29.6 Å². The van der Waals surface area contributed by atoms with E-state index in [1.165, 1.54) is 17.2 Å². The maximum Gasteiger partial charge on any atom is 0.159 e. The lowest BCUT2D eigenvalue weighted by Gasteiger charge is -2.20. The number of fused-ring (bicyclic) bond motifs is 1. The summed E-state index contributed by atoms with van der Waals surface area (Å²) in [4.78, 5) is 0. The molecule has 0 bridgehead atoms. The van der Waals surface area contributed by atoms with Crippen LogP contribution < -0.4 is 11.1 Å². The molecular weight excluding hydrogens is 294 g/mol. The zero-order chi connectivity index (χ0) is 16.2. The first-order chi connectivity index (χ1) is 11.2.